The van der Waals surface area contributed by atoms with Gasteiger partial charge in [0.1, 0.15) is 12.1 Å². The molecule has 2 rings (SSSR count). The zero-order valence-electron chi connectivity index (χ0n) is 17.3. The van der Waals surface area contributed by atoms with Crippen molar-refractivity contribution < 1.29 is 4.74 Å². The molecule has 0 fully saturated rings. The Labute approximate surface area is 162 Å². The largest absolute Gasteiger partial charge is 0.490 e. The van der Waals surface area contributed by atoms with Gasteiger partial charge in [-0.3, -0.25) is 4.99 Å². The van der Waals surface area contributed by atoms with Crippen LogP contribution in [0, 0.1) is 12.8 Å². The number of benzene rings is 1. The lowest BCUT2D eigenvalue weighted by molar-refractivity contribution is 0.191. The van der Waals surface area contributed by atoms with Crippen molar-refractivity contribution in [3.05, 3.63) is 41.5 Å². The van der Waals surface area contributed by atoms with Crippen LogP contribution in [0.15, 0.2) is 29.5 Å². The number of hydrogen-bond acceptors (Lipinski definition) is 4. The van der Waals surface area contributed by atoms with Crippen LogP contribution in [-0.2, 0) is 20.1 Å². The second kappa shape index (κ2) is 9.94. The molecule has 0 aliphatic rings. The molecule has 27 heavy (non-hydrogen) atoms. The van der Waals surface area contributed by atoms with Gasteiger partial charge in [0, 0.05) is 26.2 Å². The Hall–Kier alpha value is -2.57. The SMILES string of the molecule is CN=C(NCc1ccc(C)cc1OC(C)CC(C)C)NCc1nncn1C. The highest BCUT2D eigenvalue weighted by Crippen LogP contribution is 2.23. The third-order valence-electron chi connectivity index (χ3n) is 4.24. The van der Waals surface area contributed by atoms with Gasteiger partial charge in [-0.25, -0.2) is 0 Å². The summed E-state index contributed by atoms with van der Waals surface area (Å²) >= 11 is 0. The first-order chi connectivity index (χ1) is 12.9. The molecule has 1 heterocycles. The lowest BCUT2D eigenvalue weighted by Gasteiger charge is -2.20. The fourth-order valence-electron chi connectivity index (χ4n) is 2.88. The van der Waals surface area contributed by atoms with Crippen molar-refractivity contribution in [2.45, 2.75) is 53.3 Å². The quantitative estimate of drug-likeness (QED) is 0.550. The molecule has 0 saturated carbocycles. The first-order valence-electron chi connectivity index (χ1n) is 9.42. The Bertz CT molecular complexity index is 753. The summed E-state index contributed by atoms with van der Waals surface area (Å²) < 4.78 is 8.09. The predicted octanol–water partition coefficient (Wildman–Crippen LogP) is 2.80. The first-order valence-corrected chi connectivity index (χ1v) is 9.42. The number of nitrogens with one attached hydrogen (secondary N) is 2. The molecule has 2 aromatic rings. The van der Waals surface area contributed by atoms with Crippen LogP contribution in [0.1, 0.15) is 44.1 Å². The van der Waals surface area contributed by atoms with E-state index in [1.165, 1.54) is 5.56 Å². The van der Waals surface area contributed by atoms with Crippen molar-refractivity contribution >= 4 is 5.96 Å². The average Bonchev–Trinajstić information content (AvgIpc) is 3.01. The van der Waals surface area contributed by atoms with E-state index in [9.17, 15) is 0 Å². The van der Waals surface area contributed by atoms with Crippen molar-refractivity contribution in [3.63, 3.8) is 0 Å². The van der Waals surface area contributed by atoms with E-state index in [1.54, 1.807) is 13.4 Å². The van der Waals surface area contributed by atoms with Gasteiger partial charge in [0.2, 0.25) is 0 Å². The van der Waals surface area contributed by atoms with Crippen molar-refractivity contribution in [3.8, 4) is 5.75 Å². The Morgan fingerprint density at radius 1 is 1.22 bits per heavy atom. The summed E-state index contributed by atoms with van der Waals surface area (Å²) in [4.78, 5) is 4.28. The highest BCUT2D eigenvalue weighted by molar-refractivity contribution is 5.79. The molecule has 1 atom stereocenters. The van der Waals surface area contributed by atoms with Gasteiger partial charge in [-0.1, -0.05) is 26.0 Å². The van der Waals surface area contributed by atoms with E-state index in [4.69, 9.17) is 4.74 Å². The Morgan fingerprint density at radius 2 is 1.96 bits per heavy atom. The van der Waals surface area contributed by atoms with Gasteiger partial charge in [0.15, 0.2) is 11.8 Å². The molecule has 2 N–H and O–H groups in total. The summed E-state index contributed by atoms with van der Waals surface area (Å²) in [6.07, 6.45) is 2.89. The molecular formula is C20H32N6O. The third-order valence-corrected chi connectivity index (χ3v) is 4.24. The molecule has 7 heteroatoms. The maximum absolute atomic E-state index is 6.22. The number of aromatic nitrogens is 3. The summed E-state index contributed by atoms with van der Waals surface area (Å²) in [5.74, 6) is 3.09. The normalized spacial score (nSPS) is 12.9. The molecule has 0 aliphatic heterocycles. The molecule has 0 amide bonds. The summed E-state index contributed by atoms with van der Waals surface area (Å²) in [6.45, 7) is 9.82. The maximum Gasteiger partial charge on any atom is 0.191 e. The Balaban J connectivity index is 1.97. The summed E-state index contributed by atoms with van der Waals surface area (Å²) in [6, 6.07) is 6.31. The van der Waals surface area contributed by atoms with Crippen molar-refractivity contribution in [2.24, 2.45) is 18.0 Å². The minimum absolute atomic E-state index is 0.180. The van der Waals surface area contributed by atoms with Gasteiger partial charge in [-0.2, -0.15) is 0 Å². The number of ether oxygens (including phenoxy) is 1. The number of hydrogen-bond donors (Lipinski definition) is 2. The molecule has 1 unspecified atom stereocenters. The Morgan fingerprint density at radius 3 is 2.59 bits per heavy atom. The van der Waals surface area contributed by atoms with Crippen LogP contribution in [0.2, 0.25) is 0 Å². The topological polar surface area (TPSA) is 76.4 Å². The molecular weight excluding hydrogens is 340 g/mol. The smallest absolute Gasteiger partial charge is 0.191 e. The van der Waals surface area contributed by atoms with Crippen LogP contribution in [0.3, 0.4) is 0 Å². The fraction of sp³-hybridized carbons (Fsp3) is 0.550. The van der Waals surface area contributed by atoms with Crippen LogP contribution in [-0.4, -0.2) is 33.9 Å². The van der Waals surface area contributed by atoms with E-state index in [-0.39, 0.29) is 6.10 Å². The van der Waals surface area contributed by atoms with E-state index in [0.29, 0.717) is 25.0 Å². The second-order valence-electron chi connectivity index (χ2n) is 7.31. The lowest BCUT2D eigenvalue weighted by atomic mass is 10.1. The molecule has 0 saturated heterocycles. The number of aryl methyl sites for hydroxylation is 2. The van der Waals surface area contributed by atoms with Crippen molar-refractivity contribution in [1.29, 1.82) is 0 Å². The van der Waals surface area contributed by atoms with Gasteiger partial charge in [0.05, 0.1) is 12.6 Å². The Kier molecular flexibility index (Phi) is 7.64. The zero-order valence-corrected chi connectivity index (χ0v) is 17.3. The number of guanidine groups is 1. The van der Waals surface area contributed by atoms with E-state index in [2.05, 4.69) is 71.7 Å². The van der Waals surface area contributed by atoms with E-state index in [0.717, 1.165) is 23.6 Å². The minimum Gasteiger partial charge on any atom is -0.490 e. The van der Waals surface area contributed by atoms with Gasteiger partial charge >= 0.3 is 0 Å². The lowest BCUT2D eigenvalue weighted by Crippen LogP contribution is -2.37. The van der Waals surface area contributed by atoms with Gasteiger partial charge in [0.25, 0.3) is 0 Å². The molecule has 0 spiro atoms. The molecule has 7 nitrogen and oxygen atoms in total. The van der Waals surface area contributed by atoms with Crippen LogP contribution < -0.4 is 15.4 Å². The molecule has 0 aliphatic carbocycles. The standard InChI is InChI=1S/C20H32N6O/c1-14(2)9-16(4)27-18-10-15(3)7-8-17(18)11-22-20(21-5)23-12-19-25-24-13-26(19)6/h7-8,10,13-14,16H,9,11-12H2,1-6H3,(H2,21,22,23). The molecule has 148 valence electrons. The monoisotopic (exact) mass is 372 g/mol. The summed E-state index contributed by atoms with van der Waals surface area (Å²) in [5, 5.41) is 14.5. The number of nitrogens with zero attached hydrogens (tertiary/aromatic N) is 4. The van der Waals surface area contributed by atoms with Crippen LogP contribution >= 0.6 is 0 Å². The van der Waals surface area contributed by atoms with Crippen LogP contribution in [0.5, 0.6) is 5.75 Å². The highest BCUT2D eigenvalue weighted by Gasteiger charge is 2.11. The van der Waals surface area contributed by atoms with Gasteiger partial charge in [-0.05, 0) is 37.8 Å². The van der Waals surface area contributed by atoms with Crippen LogP contribution in [0.25, 0.3) is 0 Å². The predicted molar refractivity (Wildman–Crippen MR) is 109 cm³/mol. The second-order valence-corrected chi connectivity index (χ2v) is 7.31. The first kappa shape index (κ1) is 20.7. The van der Waals surface area contributed by atoms with Crippen molar-refractivity contribution in [1.82, 2.24) is 25.4 Å². The third kappa shape index (κ3) is 6.58. The summed E-state index contributed by atoms with van der Waals surface area (Å²) in [7, 11) is 3.67. The highest BCUT2D eigenvalue weighted by atomic mass is 16.5. The van der Waals surface area contributed by atoms with Gasteiger partial charge < -0.3 is 19.9 Å². The molecule has 0 bridgehead atoms. The molecule has 0 radical (unpaired) electrons. The van der Waals surface area contributed by atoms with Gasteiger partial charge in [-0.15, -0.1) is 10.2 Å². The zero-order chi connectivity index (χ0) is 19.8. The van der Waals surface area contributed by atoms with Crippen LogP contribution in [0.4, 0.5) is 0 Å². The van der Waals surface area contributed by atoms with E-state index in [1.807, 2.05) is 11.6 Å². The molecule has 1 aromatic carbocycles. The van der Waals surface area contributed by atoms with Crippen molar-refractivity contribution in [2.75, 3.05) is 7.05 Å². The van der Waals surface area contributed by atoms with E-state index >= 15 is 0 Å². The minimum atomic E-state index is 0.180. The van der Waals surface area contributed by atoms with E-state index < -0.39 is 0 Å². The number of rotatable bonds is 8. The maximum atomic E-state index is 6.22. The molecule has 1 aromatic heterocycles. The average molecular weight is 373 g/mol. The number of aliphatic imine (C=N–C) groups is 1. The summed E-state index contributed by atoms with van der Waals surface area (Å²) in [5.41, 5.74) is 2.30. The fourth-order valence-corrected chi connectivity index (χ4v) is 2.88.